The van der Waals surface area contributed by atoms with Crippen molar-refractivity contribution in [1.29, 1.82) is 0 Å². The van der Waals surface area contributed by atoms with Crippen molar-refractivity contribution in [2.45, 2.75) is 39.3 Å². The highest BCUT2D eigenvalue weighted by atomic mass is 16.5. The Morgan fingerprint density at radius 2 is 2.29 bits per heavy atom. The zero-order chi connectivity index (χ0) is 17.1. The molecule has 0 bridgehead atoms. The second-order valence-electron chi connectivity index (χ2n) is 5.84. The van der Waals surface area contributed by atoms with Crippen molar-refractivity contribution in [3.05, 3.63) is 35.4 Å². The highest BCUT2D eigenvalue weighted by molar-refractivity contribution is 5.74. The van der Waals surface area contributed by atoms with E-state index in [9.17, 15) is 4.79 Å². The molecule has 24 heavy (non-hydrogen) atoms. The van der Waals surface area contributed by atoms with Gasteiger partial charge in [-0.1, -0.05) is 12.1 Å². The second kappa shape index (κ2) is 7.04. The summed E-state index contributed by atoms with van der Waals surface area (Å²) < 4.78 is 16.3. The molecule has 3 rings (SSSR count). The molecule has 0 radical (unpaired) electrons. The van der Waals surface area contributed by atoms with Crippen molar-refractivity contribution >= 4 is 6.03 Å². The maximum absolute atomic E-state index is 12.6. The number of ether oxygens (including phenoxy) is 1. The Morgan fingerprint density at radius 1 is 1.46 bits per heavy atom. The lowest BCUT2D eigenvalue weighted by Crippen LogP contribution is -2.48. The van der Waals surface area contributed by atoms with E-state index in [1.54, 1.807) is 11.8 Å². The minimum absolute atomic E-state index is 0.166. The number of furan rings is 1. The van der Waals surface area contributed by atoms with Crippen LogP contribution in [0.1, 0.15) is 48.7 Å². The van der Waals surface area contributed by atoms with E-state index in [1.807, 2.05) is 26.0 Å². The van der Waals surface area contributed by atoms with Crippen LogP contribution >= 0.6 is 0 Å². The Balaban J connectivity index is 1.63. The van der Waals surface area contributed by atoms with E-state index >= 15 is 0 Å². The molecule has 2 atom stereocenters. The van der Waals surface area contributed by atoms with Gasteiger partial charge in [0.1, 0.15) is 17.6 Å². The lowest BCUT2D eigenvalue weighted by Gasteiger charge is -2.32. The molecule has 1 aliphatic heterocycles. The number of hydrogen-bond acceptors (Lipinski definition) is 6. The van der Waals surface area contributed by atoms with Crippen LogP contribution in [0.25, 0.3) is 0 Å². The van der Waals surface area contributed by atoms with Gasteiger partial charge in [0.2, 0.25) is 5.89 Å². The molecule has 8 nitrogen and oxygen atoms in total. The van der Waals surface area contributed by atoms with Crippen molar-refractivity contribution in [3.63, 3.8) is 0 Å². The molecule has 130 valence electrons. The largest absolute Gasteiger partial charge is 0.464 e. The Morgan fingerprint density at radius 3 is 2.92 bits per heavy atom. The Hall–Kier alpha value is -2.35. The van der Waals surface area contributed by atoms with Gasteiger partial charge in [-0.2, -0.15) is 4.98 Å². The number of rotatable bonds is 4. The molecule has 1 N–H and O–H groups in total. The van der Waals surface area contributed by atoms with E-state index in [2.05, 4.69) is 15.5 Å². The average molecular weight is 334 g/mol. The SMILES string of the molecule is CC[C@H](NC(=O)N1CCO[C@H](c2ccc(C)o2)C1)c1noc(C)n1. The quantitative estimate of drug-likeness (QED) is 0.923. The minimum atomic E-state index is -0.276. The van der Waals surface area contributed by atoms with E-state index in [1.165, 1.54) is 0 Å². The summed E-state index contributed by atoms with van der Waals surface area (Å²) >= 11 is 0. The first kappa shape index (κ1) is 16.5. The van der Waals surface area contributed by atoms with Crippen LogP contribution < -0.4 is 5.32 Å². The Labute approximate surface area is 140 Å². The van der Waals surface area contributed by atoms with Gasteiger partial charge in [0.25, 0.3) is 0 Å². The standard InChI is InChI=1S/C16H22N4O4/c1-4-12(15-17-11(3)24-19-15)18-16(21)20-7-8-22-14(9-20)13-6-5-10(2)23-13/h5-6,12,14H,4,7-9H2,1-3H3,(H,18,21)/t12-,14-/m0/s1. The van der Waals surface area contributed by atoms with Crippen molar-refractivity contribution in [1.82, 2.24) is 20.4 Å². The molecule has 0 spiro atoms. The van der Waals surface area contributed by atoms with Crippen LogP contribution in [0, 0.1) is 13.8 Å². The normalized spacial score (nSPS) is 19.3. The molecule has 2 amide bonds. The van der Waals surface area contributed by atoms with Crippen molar-refractivity contribution in [2.24, 2.45) is 0 Å². The summed E-state index contributed by atoms with van der Waals surface area (Å²) in [6.07, 6.45) is 0.432. The third-order valence-electron chi connectivity index (χ3n) is 3.99. The van der Waals surface area contributed by atoms with Crippen LogP contribution in [-0.4, -0.2) is 40.8 Å². The summed E-state index contributed by atoms with van der Waals surface area (Å²) in [5, 5.41) is 6.85. The van der Waals surface area contributed by atoms with Crippen LogP contribution in [0.2, 0.25) is 0 Å². The van der Waals surface area contributed by atoms with Crippen LogP contribution in [0.5, 0.6) is 0 Å². The van der Waals surface area contributed by atoms with Gasteiger partial charge in [-0.15, -0.1) is 0 Å². The molecule has 1 saturated heterocycles. The van der Waals surface area contributed by atoms with Crippen molar-refractivity contribution in [3.8, 4) is 0 Å². The summed E-state index contributed by atoms with van der Waals surface area (Å²) in [6.45, 7) is 7.02. The van der Waals surface area contributed by atoms with Crippen LogP contribution in [0.15, 0.2) is 21.1 Å². The fourth-order valence-electron chi connectivity index (χ4n) is 2.68. The van der Waals surface area contributed by atoms with Crippen molar-refractivity contribution < 1.29 is 18.5 Å². The van der Waals surface area contributed by atoms with Gasteiger partial charge in [0, 0.05) is 13.5 Å². The number of carbonyl (C=O) groups is 1. The molecule has 0 saturated carbocycles. The van der Waals surface area contributed by atoms with E-state index < -0.39 is 0 Å². The molecule has 1 fully saturated rings. The monoisotopic (exact) mass is 334 g/mol. The Kier molecular flexibility index (Phi) is 4.84. The fraction of sp³-hybridized carbons (Fsp3) is 0.562. The van der Waals surface area contributed by atoms with Gasteiger partial charge in [0.05, 0.1) is 19.2 Å². The summed E-state index contributed by atoms with van der Waals surface area (Å²) in [7, 11) is 0. The number of morpholine rings is 1. The lowest BCUT2D eigenvalue weighted by molar-refractivity contribution is -0.0267. The first-order chi connectivity index (χ1) is 11.6. The molecule has 3 heterocycles. The summed E-state index contributed by atoms with van der Waals surface area (Å²) in [5.74, 6) is 2.55. The maximum Gasteiger partial charge on any atom is 0.318 e. The van der Waals surface area contributed by atoms with Gasteiger partial charge in [-0.3, -0.25) is 0 Å². The smallest absolute Gasteiger partial charge is 0.318 e. The van der Waals surface area contributed by atoms with E-state index in [4.69, 9.17) is 13.7 Å². The highest BCUT2D eigenvalue weighted by Gasteiger charge is 2.29. The number of urea groups is 1. The van der Waals surface area contributed by atoms with E-state index in [0.717, 1.165) is 11.5 Å². The molecule has 1 aliphatic rings. The predicted octanol–water partition coefficient (Wildman–Crippen LogP) is 2.51. The van der Waals surface area contributed by atoms with Crippen molar-refractivity contribution in [2.75, 3.05) is 19.7 Å². The molecule has 0 aromatic carbocycles. The molecular formula is C16H22N4O4. The third-order valence-corrected chi connectivity index (χ3v) is 3.99. The van der Waals surface area contributed by atoms with E-state index in [-0.39, 0.29) is 18.2 Å². The minimum Gasteiger partial charge on any atom is -0.464 e. The summed E-state index contributed by atoms with van der Waals surface area (Å²) in [6, 6.07) is 3.34. The van der Waals surface area contributed by atoms with Crippen LogP contribution in [-0.2, 0) is 4.74 Å². The van der Waals surface area contributed by atoms with E-state index in [0.29, 0.717) is 37.8 Å². The molecule has 0 unspecified atom stereocenters. The molecular weight excluding hydrogens is 312 g/mol. The molecule has 2 aromatic rings. The maximum atomic E-state index is 12.6. The number of hydrogen-bond donors (Lipinski definition) is 1. The summed E-state index contributed by atoms with van der Waals surface area (Å²) in [5.41, 5.74) is 0. The first-order valence-corrected chi connectivity index (χ1v) is 8.10. The average Bonchev–Trinajstić information content (AvgIpc) is 3.21. The molecule has 0 aliphatic carbocycles. The van der Waals surface area contributed by atoms with Crippen LogP contribution in [0.4, 0.5) is 4.79 Å². The Bertz CT molecular complexity index is 696. The van der Waals surface area contributed by atoms with Gasteiger partial charge in [-0.05, 0) is 25.5 Å². The number of carbonyl (C=O) groups excluding carboxylic acids is 1. The zero-order valence-electron chi connectivity index (χ0n) is 14.1. The fourth-order valence-corrected chi connectivity index (χ4v) is 2.68. The number of nitrogens with zero attached hydrogens (tertiary/aromatic N) is 3. The number of aromatic nitrogens is 2. The predicted molar refractivity (Wildman–Crippen MR) is 84.3 cm³/mol. The molecule has 8 heteroatoms. The zero-order valence-corrected chi connectivity index (χ0v) is 14.1. The molecule has 2 aromatic heterocycles. The van der Waals surface area contributed by atoms with Crippen LogP contribution in [0.3, 0.4) is 0 Å². The second-order valence-corrected chi connectivity index (χ2v) is 5.84. The number of nitrogens with one attached hydrogen (secondary N) is 1. The van der Waals surface area contributed by atoms with Gasteiger partial charge < -0.3 is 23.9 Å². The third kappa shape index (κ3) is 3.59. The lowest BCUT2D eigenvalue weighted by atomic mass is 10.2. The number of amides is 2. The highest BCUT2D eigenvalue weighted by Crippen LogP contribution is 2.24. The topological polar surface area (TPSA) is 93.6 Å². The van der Waals surface area contributed by atoms with Gasteiger partial charge in [0.15, 0.2) is 5.82 Å². The summed E-state index contributed by atoms with van der Waals surface area (Å²) in [4.78, 5) is 18.5. The van der Waals surface area contributed by atoms with Gasteiger partial charge >= 0.3 is 6.03 Å². The van der Waals surface area contributed by atoms with Gasteiger partial charge in [-0.25, -0.2) is 4.79 Å². The number of aryl methyl sites for hydroxylation is 2. The first-order valence-electron chi connectivity index (χ1n) is 8.10.